The number of hydrogen-bond donors (Lipinski definition) is 2. The van der Waals surface area contributed by atoms with Crippen LogP contribution in [0.2, 0.25) is 0 Å². The second-order valence-electron chi connectivity index (χ2n) is 7.75. The first-order chi connectivity index (χ1) is 12.5. The van der Waals surface area contributed by atoms with Crippen LogP contribution in [0.25, 0.3) is 0 Å². The molecule has 1 aromatic heterocycles. The van der Waals surface area contributed by atoms with E-state index in [9.17, 15) is 5.11 Å². The van der Waals surface area contributed by atoms with Gasteiger partial charge in [-0.1, -0.05) is 52.0 Å². The largest absolute Gasteiger partial charge is 0.394 e. The minimum atomic E-state index is -0.0488. The van der Waals surface area contributed by atoms with Crippen LogP contribution >= 0.6 is 0 Å². The highest BCUT2D eigenvalue weighted by molar-refractivity contribution is 5.49. The van der Waals surface area contributed by atoms with Gasteiger partial charge in [0.2, 0.25) is 5.95 Å². The van der Waals surface area contributed by atoms with E-state index in [2.05, 4.69) is 73.2 Å². The van der Waals surface area contributed by atoms with Crippen molar-refractivity contribution in [2.75, 3.05) is 23.4 Å². The van der Waals surface area contributed by atoms with Gasteiger partial charge in [-0.05, 0) is 29.4 Å². The molecule has 0 unspecified atom stereocenters. The number of aliphatic hydroxyl groups excluding tert-OH is 1. The predicted octanol–water partition coefficient (Wildman–Crippen LogP) is 3.59. The van der Waals surface area contributed by atoms with Crippen LogP contribution < -0.4 is 10.2 Å². The Balaban J connectivity index is 1.89. The molecule has 2 heterocycles. The summed E-state index contributed by atoms with van der Waals surface area (Å²) in [5.74, 6) is 2.19. The smallest absolute Gasteiger partial charge is 0.225 e. The number of nitrogens with zero attached hydrogens (tertiary/aromatic N) is 3. The third kappa shape index (κ3) is 4.15. The quantitative estimate of drug-likeness (QED) is 0.830. The van der Waals surface area contributed by atoms with E-state index in [0.717, 1.165) is 31.0 Å². The van der Waals surface area contributed by atoms with Gasteiger partial charge in [0.15, 0.2) is 0 Å². The molecule has 3 rings (SSSR count). The molecule has 140 valence electrons. The van der Waals surface area contributed by atoms with Gasteiger partial charge in [0.05, 0.1) is 18.3 Å². The van der Waals surface area contributed by atoms with Gasteiger partial charge in [-0.25, -0.2) is 4.98 Å². The molecule has 0 saturated heterocycles. The maximum absolute atomic E-state index is 9.64. The number of rotatable bonds is 6. The standard InChI is InChI=1S/C21H30N4O/c1-14(2)18-11-20(24-21(22-18)23-19(13-26)15(3)4)25-10-9-16-7-5-6-8-17(16)12-25/h5-8,11,14-15,19,26H,9-10,12-13H2,1-4H3,(H,22,23,24)/t19-/m0/s1. The molecule has 0 spiro atoms. The molecule has 0 fully saturated rings. The molecule has 1 aliphatic heterocycles. The topological polar surface area (TPSA) is 61.3 Å². The lowest BCUT2D eigenvalue weighted by Crippen LogP contribution is -2.33. The molecular weight excluding hydrogens is 324 g/mol. The van der Waals surface area contributed by atoms with E-state index in [1.165, 1.54) is 11.1 Å². The highest BCUT2D eigenvalue weighted by atomic mass is 16.3. The summed E-state index contributed by atoms with van der Waals surface area (Å²) < 4.78 is 0. The fourth-order valence-electron chi connectivity index (χ4n) is 3.26. The number of benzene rings is 1. The maximum Gasteiger partial charge on any atom is 0.225 e. The van der Waals surface area contributed by atoms with E-state index in [1.54, 1.807) is 0 Å². The average molecular weight is 354 g/mol. The first kappa shape index (κ1) is 18.6. The minimum Gasteiger partial charge on any atom is -0.394 e. The Labute approximate surface area is 156 Å². The van der Waals surface area contributed by atoms with Gasteiger partial charge in [-0.2, -0.15) is 4.98 Å². The fourth-order valence-corrected chi connectivity index (χ4v) is 3.26. The van der Waals surface area contributed by atoms with Crippen molar-refractivity contribution >= 4 is 11.8 Å². The van der Waals surface area contributed by atoms with Crippen LogP contribution in [0.15, 0.2) is 30.3 Å². The van der Waals surface area contributed by atoms with E-state index < -0.39 is 0 Å². The summed E-state index contributed by atoms with van der Waals surface area (Å²) >= 11 is 0. The summed E-state index contributed by atoms with van der Waals surface area (Å²) in [6.07, 6.45) is 1.03. The molecule has 2 N–H and O–H groups in total. The van der Waals surface area contributed by atoms with Gasteiger partial charge >= 0.3 is 0 Å². The SMILES string of the molecule is CC(C)c1cc(N2CCc3ccccc3C2)nc(N[C@@H](CO)C(C)C)n1. The second-order valence-corrected chi connectivity index (χ2v) is 7.75. The normalized spacial score (nSPS) is 15.3. The number of aromatic nitrogens is 2. The lowest BCUT2D eigenvalue weighted by atomic mass is 10.00. The van der Waals surface area contributed by atoms with E-state index in [1.807, 2.05) is 0 Å². The lowest BCUT2D eigenvalue weighted by molar-refractivity contribution is 0.248. The summed E-state index contributed by atoms with van der Waals surface area (Å²) in [7, 11) is 0. The maximum atomic E-state index is 9.64. The minimum absolute atomic E-state index is 0.0488. The zero-order valence-corrected chi connectivity index (χ0v) is 16.2. The number of anilines is 2. The van der Waals surface area contributed by atoms with Crippen LogP contribution in [0.5, 0.6) is 0 Å². The first-order valence-electron chi connectivity index (χ1n) is 9.56. The Morgan fingerprint density at radius 1 is 1.12 bits per heavy atom. The molecule has 0 bridgehead atoms. The summed E-state index contributed by atoms with van der Waals surface area (Å²) in [6, 6.07) is 10.7. The molecule has 0 amide bonds. The Morgan fingerprint density at radius 3 is 2.50 bits per heavy atom. The Hall–Kier alpha value is -2.14. The zero-order valence-electron chi connectivity index (χ0n) is 16.2. The highest BCUT2D eigenvalue weighted by Crippen LogP contribution is 2.26. The molecule has 5 heteroatoms. The molecule has 1 aliphatic rings. The molecule has 1 aromatic carbocycles. The van der Waals surface area contributed by atoms with E-state index in [0.29, 0.717) is 17.8 Å². The molecule has 0 aliphatic carbocycles. The van der Waals surface area contributed by atoms with Crippen molar-refractivity contribution in [3.8, 4) is 0 Å². The van der Waals surface area contributed by atoms with Crippen molar-refractivity contribution in [1.82, 2.24) is 9.97 Å². The summed E-state index contributed by atoms with van der Waals surface area (Å²) in [5.41, 5.74) is 3.82. The summed E-state index contributed by atoms with van der Waals surface area (Å²) in [5, 5.41) is 13.0. The van der Waals surface area contributed by atoms with Gasteiger partial charge in [0.1, 0.15) is 5.82 Å². The Morgan fingerprint density at radius 2 is 1.85 bits per heavy atom. The van der Waals surface area contributed by atoms with Gasteiger partial charge in [0.25, 0.3) is 0 Å². The van der Waals surface area contributed by atoms with Crippen LogP contribution in [0.3, 0.4) is 0 Å². The van der Waals surface area contributed by atoms with E-state index in [4.69, 9.17) is 4.98 Å². The number of nitrogens with one attached hydrogen (secondary N) is 1. The highest BCUT2D eigenvalue weighted by Gasteiger charge is 2.20. The zero-order chi connectivity index (χ0) is 18.7. The Kier molecular flexibility index (Phi) is 5.77. The molecule has 0 saturated carbocycles. The van der Waals surface area contributed by atoms with Crippen LogP contribution in [-0.4, -0.2) is 34.3 Å². The third-order valence-corrected chi connectivity index (χ3v) is 5.09. The van der Waals surface area contributed by atoms with Crippen LogP contribution in [0.1, 0.15) is 50.4 Å². The van der Waals surface area contributed by atoms with E-state index in [-0.39, 0.29) is 12.6 Å². The number of hydrogen-bond acceptors (Lipinski definition) is 5. The summed E-state index contributed by atoms with van der Waals surface area (Å²) in [4.78, 5) is 11.8. The van der Waals surface area contributed by atoms with Crippen molar-refractivity contribution < 1.29 is 5.11 Å². The van der Waals surface area contributed by atoms with Crippen molar-refractivity contribution in [2.24, 2.45) is 5.92 Å². The van der Waals surface area contributed by atoms with Crippen molar-refractivity contribution in [2.45, 2.75) is 52.6 Å². The van der Waals surface area contributed by atoms with E-state index >= 15 is 0 Å². The monoisotopic (exact) mass is 354 g/mol. The first-order valence-corrected chi connectivity index (χ1v) is 9.56. The van der Waals surface area contributed by atoms with Crippen molar-refractivity contribution in [3.05, 3.63) is 47.2 Å². The average Bonchev–Trinajstić information content (AvgIpc) is 2.65. The fraction of sp³-hybridized carbons (Fsp3) is 0.524. The molecule has 26 heavy (non-hydrogen) atoms. The van der Waals surface area contributed by atoms with Gasteiger partial charge in [-0.3, -0.25) is 0 Å². The van der Waals surface area contributed by atoms with Crippen molar-refractivity contribution in [1.29, 1.82) is 0 Å². The van der Waals surface area contributed by atoms with Gasteiger partial charge in [-0.15, -0.1) is 0 Å². The van der Waals surface area contributed by atoms with Gasteiger partial charge in [0, 0.05) is 19.2 Å². The molecule has 0 radical (unpaired) electrons. The second kappa shape index (κ2) is 8.04. The van der Waals surface area contributed by atoms with Crippen LogP contribution in [0, 0.1) is 5.92 Å². The Bertz CT molecular complexity index is 745. The number of aliphatic hydroxyl groups is 1. The molecular formula is C21H30N4O. The van der Waals surface area contributed by atoms with Crippen LogP contribution in [0.4, 0.5) is 11.8 Å². The molecule has 1 atom stereocenters. The van der Waals surface area contributed by atoms with Crippen LogP contribution in [-0.2, 0) is 13.0 Å². The van der Waals surface area contributed by atoms with Crippen molar-refractivity contribution in [3.63, 3.8) is 0 Å². The van der Waals surface area contributed by atoms with Gasteiger partial charge < -0.3 is 15.3 Å². The third-order valence-electron chi connectivity index (χ3n) is 5.09. The number of fused-ring (bicyclic) bond motifs is 1. The molecule has 2 aromatic rings. The predicted molar refractivity (Wildman–Crippen MR) is 107 cm³/mol. The molecule has 5 nitrogen and oxygen atoms in total. The summed E-state index contributed by atoms with van der Waals surface area (Å²) in [6.45, 7) is 10.4. The lowest BCUT2D eigenvalue weighted by Gasteiger charge is -2.30.